The van der Waals surface area contributed by atoms with Crippen molar-refractivity contribution in [3.05, 3.63) is 30.1 Å². The molecule has 1 atom stereocenters. The van der Waals surface area contributed by atoms with Crippen molar-refractivity contribution in [2.75, 3.05) is 39.4 Å². The summed E-state index contributed by atoms with van der Waals surface area (Å²) >= 11 is 0. The van der Waals surface area contributed by atoms with Crippen molar-refractivity contribution in [3.8, 4) is 0 Å². The van der Waals surface area contributed by atoms with E-state index in [0.717, 1.165) is 29.9 Å². The highest BCUT2D eigenvalue weighted by Gasteiger charge is 2.15. The highest BCUT2D eigenvalue weighted by molar-refractivity contribution is 5.77. The predicted octanol–water partition coefficient (Wildman–Crippen LogP) is 0.305. The van der Waals surface area contributed by atoms with Gasteiger partial charge in [-0.15, -0.1) is 0 Å². The number of ether oxygens (including phenoxy) is 1. The molecule has 1 unspecified atom stereocenters. The number of rotatable bonds is 7. The van der Waals surface area contributed by atoms with Crippen molar-refractivity contribution in [3.63, 3.8) is 0 Å². The number of aliphatic hydroxyl groups excluding tert-OH is 1. The van der Waals surface area contributed by atoms with Crippen LogP contribution >= 0.6 is 0 Å². The van der Waals surface area contributed by atoms with E-state index in [1.54, 1.807) is 0 Å². The number of H-pyrrole nitrogens is 1. The molecule has 7 nitrogen and oxygen atoms in total. The van der Waals surface area contributed by atoms with Gasteiger partial charge >= 0.3 is 0 Å². The summed E-state index contributed by atoms with van der Waals surface area (Å²) in [5, 5.41) is 12.8. The molecule has 7 heteroatoms. The van der Waals surface area contributed by atoms with Crippen LogP contribution in [0.5, 0.6) is 0 Å². The number of amides is 1. The molecule has 1 aliphatic rings. The summed E-state index contributed by atoms with van der Waals surface area (Å²) in [6.45, 7) is 3.91. The number of benzene rings is 1. The van der Waals surface area contributed by atoms with Gasteiger partial charge < -0.3 is 20.1 Å². The molecule has 1 aromatic carbocycles. The van der Waals surface area contributed by atoms with E-state index in [0.29, 0.717) is 32.6 Å². The number of para-hydroxylation sites is 2. The van der Waals surface area contributed by atoms with Crippen LogP contribution in [0.3, 0.4) is 0 Å². The van der Waals surface area contributed by atoms with Crippen LogP contribution < -0.4 is 5.32 Å². The maximum atomic E-state index is 11.9. The zero-order chi connectivity index (χ0) is 16.8. The zero-order valence-electron chi connectivity index (χ0n) is 13.7. The fourth-order valence-corrected chi connectivity index (χ4v) is 2.82. The number of hydrogen-bond acceptors (Lipinski definition) is 5. The SMILES string of the molecule is O=C(CCc1nc2ccccc2[nH]1)NCC(O)CN1CCOCC1. The first-order valence-electron chi connectivity index (χ1n) is 8.39. The van der Waals surface area contributed by atoms with Crippen LogP contribution in [-0.4, -0.2) is 71.4 Å². The molecular weight excluding hydrogens is 308 g/mol. The number of aryl methyl sites for hydroxylation is 1. The number of carbonyl (C=O) groups is 1. The number of hydrogen-bond donors (Lipinski definition) is 3. The summed E-state index contributed by atoms with van der Waals surface area (Å²) in [6, 6.07) is 7.80. The van der Waals surface area contributed by atoms with E-state index in [2.05, 4.69) is 20.2 Å². The third-order valence-corrected chi connectivity index (χ3v) is 4.13. The monoisotopic (exact) mass is 332 g/mol. The highest BCUT2D eigenvalue weighted by Crippen LogP contribution is 2.11. The number of β-amino-alcohol motifs (C(OH)–C–C–N with tert-alkyl or cyclic N) is 1. The van der Waals surface area contributed by atoms with E-state index in [1.165, 1.54) is 0 Å². The van der Waals surface area contributed by atoms with Crippen LogP contribution in [-0.2, 0) is 16.0 Å². The van der Waals surface area contributed by atoms with Crippen LogP contribution in [0.25, 0.3) is 11.0 Å². The van der Waals surface area contributed by atoms with Crippen molar-refractivity contribution in [1.82, 2.24) is 20.2 Å². The van der Waals surface area contributed by atoms with E-state index in [4.69, 9.17) is 4.74 Å². The van der Waals surface area contributed by atoms with Crippen molar-refractivity contribution >= 4 is 16.9 Å². The van der Waals surface area contributed by atoms with E-state index < -0.39 is 6.10 Å². The zero-order valence-corrected chi connectivity index (χ0v) is 13.7. The predicted molar refractivity (Wildman–Crippen MR) is 90.7 cm³/mol. The summed E-state index contributed by atoms with van der Waals surface area (Å²) in [6.07, 6.45) is 0.350. The van der Waals surface area contributed by atoms with Gasteiger partial charge in [0, 0.05) is 39.0 Å². The third kappa shape index (κ3) is 4.77. The van der Waals surface area contributed by atoms with Gasteiger partial charge in [-0.1, -0.05) is 12.1 Å². The molecule has 1 amide bonds. The minimum Gasteiger partial charge on any atom is -0.390 e. The van der Waals surface area contributed by atoms with Gasteiger partial charge in [-0.25, -0.2) is 4.98 Å². The molecule has 0 bridgehead atoms. The summed E-state index contributed by atoms with van der Waals surface area (Å²) < 4.78 is 5.27. The maximum Gasteiger partial charge on any atom is 0.220 e. The molecule has 1 aromatic heterocycles. The molecule has 1 saturated heterocycles. The normalized spacial score (nSPS) is 17.0. The Bertz CT molecular complexity index is 634. The Kier molecular flexibility index (Phi) is 5.79. The van der Waals surface area contributed by atoms with Gasteiger partial charge in [-0.05, 0) is 12.1 Å². The number of aromatic nitrogens is 2. The Labute approximate surface area is 141 Å². The van der Waals surface area contributed by atoms with E-state index in [9.17, 15) is 9.90 Å². The largest absolute Gasteiger partial charge is 0.390 e. The number of imidazole rings is 1. The van der Waals surface area contributed by atoms with Gasteiger partial charge in [0.25, 0.3) is 0 Å². The van der Waals surface area contributed by atoms with Crippen molar-refractivity contribution < 1.29 is 14.6 Å². The summed E-state index contributed by atoms with van der Waals surface area (Å²) in [5.41, 5.74) is 1.89. The smallest absolute Gasteiger partial charge is 0.220 e. The molecule has 0 saturated carbocycles. The number of aliphatic hydroxyl groups is 1. The van der Waals surface area contributed by atoms with Crippen LogP contribution in [0.4, 0.5) is 0 Å². The lowest BCUT2D eigenvalue weighted by Gasteiger charge is -2.28. The second-order valence-corrected chi connectivity index (χ2v) is 6.07. The van der Waals surface area contributed by atoms with Crippen molar-refractivity contribution in [2.24, 2.45) is 0 Å². The first kappa shape index (κ1) is 16.9. The van der Waals surface area contributed by atoms with Gasteiger partial charge in [0.1, 0.15) is 5.82 Å². The van der Waals surface area contributed by atoms with Crippen LogP contribution in [0.15, 0.2) is 24.3 Å². The van der Waals surface area contributed by atoms with Gasteiger partial charge in [0.15, 0.2) is 0 Å². The van der Waals surface area contributed by atoms with E-state index >= 15 is 0 Å². The minimum absolute atomic E-state index is 0.0727. The lowest BCUT2D eigenvalue weighted by molar-refractivity contribution is -0.121. The van der Waals surface area contributed by atoms with Gasteiger partial charge in [-0.3, -0.25) is 9.69 Å². The topological polar surface area (TPSA) is 90.5 Å². The number of fused-ring (bicyclic) bond motifs is 1. The van der Waals surface area contributed by atoms with E-state index in [-0.39, 0.29) is 12.5 Å². The van der Waals surface area contributed by atoms with Crippen molar-refractivity contribution in [2.45, 2.75) is 18.9 Å². The molecule has 0 aliphatic carbocycles. The first-order valence-corrected chi connectivity index (χ1v) is 8.39. The Morgan fingerprint density at radius 1 is 1.38 bits per heavy atom. The number of aromatic amines is 1. The standard InChI is InChI=1S/C17H24N4O3/c22-13(12-21-7-9-24-10-8-21)11-18-17(23)6-5-16-19-14-3-1-2-4-15(14)20-16/h1-4,13,22H,5-12H2,(H,18,23)(H,19,20). The fourth-order valence-electron chi connectivity index (χ4n) is 2.82. The summed E-state index contributed by atoms with van der Waals surface area (Å²) in [7, 11) is 0. The number of morpholine rings is 1. The molecular formula is C17H24N4O3. The Morgan fingerprint density at radius 3 is 2.96 bits per heavy atom. The Morgan fingerprint density at radius 2 is 2.17 bits per heavy atom. The number of nitrogens with one attached hydrogen (secondary N) is 2. The quantitative estimate of drug-likeness (QED) is 0.679. The van der Waals surface area contributed by atoms with Crippen LogP contribution in [0.2, 0.25) is 0 Å². The number of nitrogens with zero attached hydrogens (tertiary/aromatic N) is 2. The molecule has 0 spiro atoms. The summed E-state index contributed by atoms with van der Waals surface area (Å²) in [5.74, 6) is 0.733. The maximum absolute atomic E-state index is 11.9. The molecule has 24 heavy (non-hydrogen) atoms. The van der Waals surface area contributed by atoms with Crippen LogP contribution in [0, 0.1) is 0 Å². The Balaban J connectivity index is 1.37. The molecule has 130 valence electrons. The number of carbonyl (C=O) groups excluding carboxylic acids is 1. The highest BCUT2D eigenvalue weighted by atomic mass is 16.5. The minimum atomic E-state index is -0.557. The first-order chi connectivity index (χ1) is 11.7. The molecule has 1 aliphatic heterocycles. The third-order valence-electron chi connectivity index (χ3n) is 4.13. The van der Waals surface area contributed by atoms with Crippen LogP contribution in [0.1, 0.15) is 12.2 Å². The lowest BCUT2D eigenvalue weighted by Crippen LogP contribution is -2.44. The van der Waals surface area contributed by atoms with Gasteiger partial charge in [-0.2, -0.15) is 0 Å². The molecule has 2 heterocycles. The lowest BCUT2D eigenvalue weighted by atomic mass is 10.2. The van der Waals surface area contributed by atoms with Gasteiger partial charge in [0.2, 0.25) is 5.91 Å². The molecule has 3 N–H and O–H groups in total. The van der Waals surface area contributed by atoms with Gasteiger partial charge in [0.05, 0.1) is 30.4 Å². The average molecular weight is 332 g/mol. The second kappa shape index (κ2) is 8.23. The van der Waals surface area contributed by atoms with E-state index in [1.807, 2.05) is 24.3 Å². The second-order valence-electron chi connectivity index (χ2n) is 6.07. The average Bonchev–Trinajstić information content (AvgIpc) is 3.02. The Hall–Kier alpha value is -1.96. The molecule has 2 aromatic rings. The summed E-state index contributed by atoms with van der Waals surface area (Å²) in [4.78, 5) is 21.7. The van der Waals surface area contributed by atoms with Crippen molar-refractivity contribution in [1.29, 1.82) is 0 Å². The fraction of sp³-hybridized carbons (Fsp3) is 0.529. The molecule has 0 radical (unpaired) electrons. The molecule has 3 rings (SSSR count). The molecule has 1 fully saturated rings.